The number of hydrogen-bond donors (Lipinski definition) is 6. The number of aromatic carboxylic acids is 1. The van der Waals surface area contributed by atoms with Gasteiger partial charge in [0.2, 0.25) is 0 Å². The van der Waals surface area contributed by atoms with Crippen LogP contribution in [0.4, 0.5) is 40.8 Å². The largest absolute Gasteiger partial charge is 0.478 e. The highest BCUT2D eigenvalue weighted by Crippen LogP contribution is 2.33. The number of benzene rings is 8. The predicted molar refractivity (Wildman–Crippen MR) is 311 cm³/mol. The lowest BCUT2D eigenvalue weighted by Gasteiger charge is -2.08. The number of nitrogens with two attached hydrogens (primary N) is 5. The predicted octanol–water partition coefficient (Wildman–Crippen LogP) is 13.0. The molecule has 0 unspecified atom stereocenters. The lowest BCUT2D eigenvalue weighted by molar-refractivity contribution is 0.0698. The molecule has 0 saturated carbocycles. The summed E-state index contributed by atoms with van der Waals surface area (Å²) < 4.78 is 53.2. The average molecular weight is 1090 g/mol. The molecule has 0 fully saturated rings. The Balaban J connectivity index is 0.000000132. The molecule has 11 N–H and O–H groups in total. The van der Waals surface area contributed by atoms with Crippen molar-refractivity contribution in [1.29, 1.82) is 10.5 Å². The van der Waals surface area contributed by atoms with Crippen LogP contribution < -0.4 is 28.7 Å². The van der Waals surface area contributed by atoms with E-state index >= 15 is 0 Å². The number of pyridine rings is 4. The zero-order valence-corrected chi connectivity index (χ0v) is 42.8. The Kier molecular flexibility index (Phi) is 16.0. The van der Waals surface area contributed by atoms with Gasteiger partial charge in [-0.2, -0.15) is 10.5 Å². The summed E-state index contributed by atoms with van der Waals surface area (Å²) in [5.74, 6) is -1.60. The van der Waals surface area contributed by atoms with Crippen molar-refractivity contribution in [2.75, 3.05) is 22.9 Å². The van der Waals surface area contributed by atoms with Crippen LogP contribution in [0.25, 0.3) is 87.6 Å². The number of carbonyl (C=O) groups is 2. The van der Waals surface area contributed by atoms with Crippen LogP contribution >= 0.6 is 0 Å². The molecular formula is C64H43F4N11O3. The zero-order chi connectivity index (χ0) is 58.2. The lowest BCUT2D eigenvalue weighted by Crippen LogP contribution is -2.12. The molecule has 12 aromatic rings. The molecule has 400 valence electrons. The number of carboxylic acids is 1. The molecule has 8 aromatic carbocycles. The number of aromatic nitrogens is 4. The van der Waals surface area contributed by atoms with Crippen LogP contribution in [-0.2, 0) is 0 Å². The third-order valence-electron chi connectivity index (χ3n) is 13.0. The van der Waals surface area contributed by atoms with E-state index in [-0.39, 0.29) is 34.7 Å². The van der Waals surface area contributed by atoms with Crippen LogP contribution in [0, 0.1) is 45.9 Å². The first-order chi connectivity index (χ1) is 39.5. The number of carbonyl (C=O) groups excluding carboxylic acids is 1. The highest BCUT2D eigenvalue weighted by molar-refractivity contribution is 6.10. The van der Waals surface area contributed by atoms with Crippen LogP contribution in [0.2, 0.25) is 0 Å². The molecule has 12 rings (SSSR count). The fraction of sp³-hybridized carbons (Fsp3) is 0. The number of rotatable bonds is 6. The Bertz CT molecular complexity index is 4300. The van der Waals surface area contributed by atoms with Crippen molar-refractivity contribution in [2.24, 2.45) is 5.73 Å². The van der Waals surface area contributed by atoms with E-state index in [2.05, 4.69) is 32.1 Å². The van der Waals surface area contributed by atoms with Crippen molar-refractivity contribution in [3.63, 3.8) is 0 Å². The van der Waals surface area contributed by atoms with Gasteiger partial charge in [0, 0.05) is 62.5 Å². The maximum Gasteiger partial charge on any atom is 0.337 e. The van der Waals surface area contributed by atoms with E-state index in [0.717, 1.165) is 49.7 Å². The van der Waals surface area contributed by atoms with Gasteiger partial charge < -0.3 is 33.8 Å². The van der Waals surface area contributed by atoms with Crippen molar-refractivity contribution in [3.8, 4) is 56.6 Å². The van der Waals surface area contributed by atoms with Gasteiger partial charge in [-0.3, -0.25) is 4.79 Å². The fourth-order valence-electron chi connectivity index (χ4n) is 8.99. The number of amides is 1. The number of carboxylic acid groups (broad SMARTS) is 1. The quantitative estimate of drug-likeness (QED) is 0.0846. The Morgan fingerprint density at radius 3 is 0.927 bits per heavy atom. The van der Waals surface area contributed by atoms with E-state index in [4.69, 9.17) is 44.3 Å². The summed E-state index contributed by atoms with van der Waals surface area (Å²) >= 11 is 0. The van der Waals surface area contributed by atoms with E-state index in [1.807, 2.05) is 48.5 Å². The van der Waals surface area contributed by atoms with Crippen LogP contribution in [0.15, 0.2) is 195 Å². The van der Waals surface area contributed by atoms with Crippen LogP contribution in [0.5, 0.6) is 0 Å². The van der Waals surface area contributed by atoms with Gasteiger partial charge in [0.05, 0.1) is 22.3 Å². The lowest BCUT2D eigenvalue weighted by atomic mass is 9.99. The van der Waals surface area contributed by atoms with E-state index < -0.39 is 11.9 Å². The highest BCUT2D eigenvalue weighted by atomic mass is 19.1. The molecule has 0 spiro atoms. The van der Waals surface area contributed by atoms with Crippen LogP contribution in [-0.4, -0.2) is 36.9 Å². The topological polar surface area (TPSA) is 284 Å². The molecule has 0 aliphatic heterocycles. The van der Waals surface area contributed by atoms with E-state index in [1.165, 1.54) is 73.3 Å². The molecule has 0 aliphatic rings. The highest BCUT2D eigenvalue weighted by Gasteiger charge is 2.15. The smallest absolute Gasteiger partial charge is 0.337 e. The van der Waals surface area contributed by atoms with E-state index in [0.29, 0.717) is 72.0 Å². The monoisotopic (exact) mass is 1090 g/mol. The molecule has 0 aliphatic carbocycles. The standard InChI is InChI=1S/C16H12FN3O.2C16H10FN3.C16H11FN2O2/c17-11-3-1-2-9(6-11)10-4-5-12-13(7-10)15(18)20-8-14(12)16(19)21;2*17-13-3-1-2-10(6-13)11-4-5-14-12(8-18)9-20-16(19)15(14)7-11;17-11-3-1-2-9(6-11)10-4-5-12-13(7-10)15(18)19-8-14(12)16(20)21/h1-8H,(H2,18,20)(H2,19,21);2*1-7,9H,(H2,19,20);1-8H,(H2,18,19)(H,20,21). The number of fused-ring (bicyclic) bond motifs is 4. The summed E-state index contributed by atoms with van der Waals surface area (Å²) in [5, 5.41) is 32.5. The van der Waals surface area contributed by atoms with Crippen molar-refractivity contribution >= 4 is 78.2 Å². The summed E-state index contributed by atoms with van der Waals surface area (Å²) in [5.41, 5.74) is 36.2. The summed E-state index contributed by atoms with van der Waals surface area (Å²) in [4.78, 5) is 38.5. The van der Waals surface area contributed by atoms with E-state index in [1.54, 1.807) is 72.8 Å². The molecule has 14 nitrogen and oxygen atoms in total. The first kappa shape index (κ1) is 55.0. The maximum atomic E-state index is 13.3. The Morgan fingerprint density at radius 2 is 0.634 bits per heavy atom. The molecule has 0 bridgehead atoms. The Labute approximate surface area is 464 Å². The molecule has 0 atom stereocenters. The minimum atomic E-state index is -1.06. The number of nitrogen functional groups attached to an aromatic ring is 4. The molecule has 4 heterocycles. The van der Waals surface area contributed by atoms with Gasteiger partial charge in [0.25, 0.3) is 5.91 Å². The third kappa shape index (κ3) is 12.0. The zero-order valence-electron chi connectivity index (χ0n) is 42.8. The van der Waals surface area contributed by atoms with Gasteiger partial charge in [-0.05, 0) is 123 Å². The maximum absolute atomic E-state index is 13.3. The summed E-state index contributed by atoms with van der Waals surface area (Å²) in [6, 6.07) is 50.6. The van der Waals surface area contributed by atoms with Crippen LogP contribution in [0.1, 0.15) is 31.8 Å². The van der Waals surface area contributed by atoms with Gasteiger partial charge in [-0.25, -0.2) is 42.3 Å². The first-order valence-corrected chi connectivity index (χ1v) is 24.6. The number of nitrogens with zero attached hydrogens (tertiary/aromatic N) is 6. The molecule has 18 heteroatoms. The second kappa shape index (κ2) is 23.9. The summed E-state index contributed by atoms with van der Waals surface area (Å²) in [6.45, 7) is 0. The Hall–Kier alpha value is -11.8. The second-order valence-electron chi connectivity index (χ2n) is 18.2. The fourth-order valence-corrected chi connectivity index (χ4v) is 8.99. The second-order valence-corrected chi connectivity index (χ2v) is 18.2. The molecule has 82 heavy (non-hydrogen) atoms. The number of nitriles is 2. The Morgan fingerprint density at radius 1 is 0.366 bits per heavy atom. The van der Waals surface area contributed by atoms with Gasteiger partial charge in [0.15, 0.2) is 0 Å². The normalized spacial score (nSPS) is 10.6. The molecule has 0 saturated heterocycles. The molecule has 0 radical (unpaired) electrons. The first-order valence-electron chi connectivity index (χ1n) is 24.6. The van der Waals surface area contributed by atoms with E-state index in [9.17, 15) is 27.2 Å². The molecule has 1 amide bonds. The van der Waals surface area contributed by atoms with Gasteiger partial charge in [0.1, 0.15) is 58.7 Å². The summed E-state index contributed by atoms with van der Waals surface area (Å²) in [6.07, 6.45) is 5.52. The minimum Gasteiger partial charge on any atom is -0.478 e. The van der Waals surface area contributed by atoms with Gasteiger partial charge >= 0.3 is 5.97 Å². The summed E-state index contributed by atoms with van der Waals surface area (Å²) in [7, 11) is 0. The molecule has 4 aromatic heterocycles. The van der Waals surface area contributed by atoms with Crippen LogP contribution in [0.3, 0.4) is 0 Å². The van der Waals surface area contributed by atoms with Crippen molar-refractivity contribution in [3.05, 3.63) is 240 Å². The third-order valence-corrected chi connectivity index (χ3v) is 13.0. The van der Waals surface area contributed by atoms with Crippen molar-refractivity contribution in [1.82, 2.24) is 19.9 Å². The number of hydrogen-bond acceptors (Lipinski definition) is 12. The minimum absolute atomic E-state index is 0.0880. The van der Waals surface area contributed by atoms with Crippen molar-refractivity contribution < 1.29 is 32.3 Å². The molecular weight excluding hydrogens is 1050 g/mol. The van der Waals surface area contributed by atoms with Crippen molar-refractivity contribution in [2.45, 2.75) is 0 Å². The number of anilines is 4. The number of halogens is 4. The van der Waals surface area contributed by atoms with Gasteiger partial charge in [-0.1, -0.05) is 97.1 Å². The number of primary amides is 1. The average Bonchev–Trinajstić information content (AvgIpc) is 3.69. The SMILES string of the molecule is N#Cc1cnc(N)c2cc(-c3cccc(F)c3)ccc12.N#Cc1cnc(N)c2cc(-c3cccc(F)c3)ccc12.NC(=O)c1cnc(N)c2cc(-c3cccc(F)c3)ccc12.Nc1ncc(C(=O)O)c2ccc(-c3cccc(F)c3)cc12. The van der Waals surface area contributed by atoms with Gasteiger partial charge in [-0.15, -0.1) is 0 Å².